The number of rotatable bonds is 7. The van der Waals surface area contributed by atoms with Gasteiger partial charge in [0.2, 0.25) is 5.78 Å². The van der Waals surface area contributed by atoms with E-state index in [1.54, 1.807) is 36.5 Å². The van der Waals surface area contributed by atoms with Crippen LogP contribution in [0.4, 0.5) is 13.6 Å². The van der Waals surface area contributed by atoms with Gasteiger partial charge < -0.3 is 31.5 Å². The summed E-state index contributed by atoms with van der Waals surface area (Å²) in [6.07, 6.45) is 1.80. The number of carbonyl (C=O) groups is 2. The lowest BCUT2D eigenvalue weighted by Gasteiger charge is -2.52. The van der Waals surface area contributed by atoms with E-state index in [1.165, 1.54) is 36.4 Å². The highest BCUT2D eigenvalue weighted by atomic mass is 79.9. The molecule has 3 saturated heterocycles. The molecule has 3 fully saturated rings. The van der Waals surface area contributed by atoms with E-state index in [9.17, 15) is 18.4 Å². The highest BCUT2D eigenvalue weighted by Crippen LogP contribution is 2.35. The van der Waals surface area contributed by atoms with Gasteiger partial charge >= 0.3 is 6.09 Å². The van der Waals surface area contributed by atoms with Gasteiger partial charge in [0.1, 0.15) is 23.9 Å². The molecule has 1 amide bonds. The summed E-state index contributed by atoms with van der Waals surface area (Å²) in [4.78, 5) is 30.1. The minimum atomic E-state index is -0.966. The van der Waals surface area contributed by atoms with Crippen molar-refractivity contribution < 1.29 is 44.6 Å². The summed E-state index contributed by atoms with van der Waals surface area (Å²) < 4.78 is 34.2. The Bertz CT molecular complexity index is 1210. The largest absolute Gasteiger partial charge is 1.00 e. The Morgan fingerprint density at radius 1 is 0.973 bits per heavy atom. The maximum Gasteiger partial charge on any atom is 0.408 e. The summed E-state index contributed by atoms with van der Waals surface area (Å²) >= 11 is 0. The van der Waals surface area contributed by atoms with Crippen molar-refractivity contribution in [3.05, 3.63) is 101 Å². The van der Waals surface area contributed by atoms with Gasteiger partial charge in [-0.2, -0.15) is 0 Å². The molecular weight excluding hydrogens is 544 g/mol. The molecule has 37 heavy (non-hydrogen) atoms. The maximum atomic E-state index is 13.9. The molecule has 3 aliphatic rings. The molecule has 3 aliphatic heterocycles. The van der Waals surface area contributed by atoms with Crippen LogP contribution in [0.1, 0.15) is 40.6 Å². The predicted octanol–water partition coefficient (Wildman–Crippen LogP) is 1.67. The third-order valence-corrected chi connectivity index (χ3v) is 7.36. The molecule has 0 aliphatic carbocycles. The number of pyridine rings is 1. The summed E-state index contributed by atoms with van der Waals surface area (Å²) in [5.41, 5.74) is 1.28. The second-order valence-electron chi connectivity index (χ2n) is 9.75. The van der Waals surface area contributed by atoms with Gasteiger partial charge in [0, 0.05) is 19.0 Å². The zero-order valence-corrected chi connectivity index (χ0v) is 21.7. The fraction of sp³-hybridized carbons (Fsp3) is 0.321. The van der Waals surface area contributed by atoms with Crippen LogP contribution in [0.15, 0.2) is 72.9 Å². The molecule has 6 rings (SSSR count). The lowest BCUT2D eigenvalue weighted by Crippen LogP contribution is -3.00. The minimum Gasteiger partial charge on any atom is -1.00 e. The van der Waals surface area contributed by atoms with Crippen LogP contribution in [0, 0.1) is 17.6 Å². The van der Waals surface area contributed by atoms with Crippen molar-refractivity contribution >= 4 is 11.9 Å². The van der Waals surface area contributed by atoms with E-state index in [4.69, 9.17) is 4.74 Å². The zero-order valence-electron chi connectivity index (χ0n) is 20.2. The van der Waals surface area contributed by atoms with Crippen molar-refractivity contribution in [1.82, 2.24) is 10.3 Å². The summed E-state index contributed by atoms with van der Waals surface area (Å²) in [5, 5.41) is 3.00. The molecule has 9 heteroatoms. The zero-order chi connectivity index (χ0) is 25.1. The molecule has 0 spiro atoms. The molecule has 1 N–H and O–H groups in total. The van der Waals surface area contributed by atoms with Crippen molar-refractivity contribution in [2.24, 2.45) is 5.92 Å². The monoisotopic (exact) mass is 571 g/mol. The molecule has 194 valence electrons. The Labute approximate surface area is 225 Å². The van der Waals surface area contributed by atoms with Crippen LogP contribution in [-0.2, 0) is 4.74 Å². The number of nitrogens with zero attached hydrogens (tertiary/aromatic N) is 2. The number of aromatic nitrogens is 1. The van der Waals surface area contributed by atoms with Gasteiger partial charge in [-0.25, -0.2) is 13.6 Å². The molecule has 2 aromatic carbocycles. The van der Waals surface area contributed by atoms with Crippen molar-refractivity contribution in [3.63, 3.8) is 0 Å². The topological polar surface area (TPSA) is 68.3 Å². The highest BCUT2D eigenvalue weighted by molar-refractivity contribution is 5.95. The fourth-order valence-electron chi connectivity index (χ4n) is 5.55. The molecule has 1 unspecified atom stereocenters. The van der Waals surface area contributed by atoms with Crippen LogP contribution in [0.5, 0.6) is 0 Å². The molecule has 1 atom stereocenters. The van der Waals surface area contributed by atoms with Crippen molar-refractivity contribution in [2.75, 3.05) is 26.2 Å². The summed E-state index contributed by atoms with van der Waals surface area (Å²) in [7, 11) is 0. The summed E-state index contributed by atoms with van der Waals surface area (Å²) in [5.74, 6) is -0.655. The Kier molecular flexibility index (Phi) is 8.34. The van der Waals surface area contributed by atoms with Crippen LogP contribution in [0.25, 0.3) is 0 Å². The van der Waals surface area contributed by atoms with Crippen LogP contribution >= 0.6 is 0 Å². The number of nitrogens with one attached hydrogen (secondary N) is 1. The molecule has 1 aromatic heterocycles. The van der Waals surface area contributed by atoms with Gasteiger partial charge in [0.15, 0.2) is 6.10 Å². The lowest BCUT2D eigenvalue weighted by molar-refractivity contribution is -0.936. The van der Waals surface area contributed by atoms with E-state index < -0.39 is 23.8 Å². The van der Waals surface area contributed by atoms with Crippen LogP contribution < -0.4 is 22.3 Å². The first kappa shape index (κ1) is 26.9. The highest BCUT2D eigenvalue weighted by Gasteiger charge is 2.47. The van der Waals surface area contributed by atoms with Crippen molar-refractivity contribution in [2.45, 2.75) is 25.0 Å². The summed E-state index contributed by atoms with van der Waals surface area (Å²) in [6, 6.07) is 16.6. The molecule has 4 heterocycles. The van der Waals surface area contributed by atoms with Gasteiger partial charge in [-0.05, 0) is 53.4 Å². The van der Waals surface area contributed by atoms with Crippen LogP contribution in [0.2, 0.25) is 0 Å². The molecule has 0 saturated carbocycles. The SMILES string of the molecule is O=C(NC1C[N+]2(CC(=O)c3ccccn3)CCC1CC2)OC(c1cccc(F)c1)c1cccc(F)c1.[Br-]. The number of carbonyl (C=O) groups excluding carboxylic acids is 2. The average Bonchev–Trinajstić information content (AvgIpc) is 2.88. The number of piperidine rings is 3. The van der Waals surface area contributed by atoms with E-state index in [1.807, 2.05) is 0 Å². The van der Waals surface area contributed by atoms with E-state index in [2.05, 4.69) is 10.3 Å². The van der Waals surface area contributed by atoms with Crippen molar-refractivity contribution in [3.8, 4) is 0 Å². The number of amides is 1. The first-order valence-corrected chi connectivity index (χ1v) is 12.2. The third kappa shape index (κ3) is 6.22. The minimum absolute atomic E-state index is 0. The number of hydrogen-bond acceptors (Lipinski definition) is 4. The van der Waals surface area contributed by atoms with Crippen LogP contribution in [-0.4, -0.2) is 53.6 Å². The second-order valence-corrected chi connectivity index (χ2v) is 9.75. The molecular formula is C28H28BrF2N3O3. The van der Waals surface area contributed by atoms with Crippen molar-refractivity contribution in [1.29, 1.82) is 0 Å². The predicted molar refractivity (Wildman–Crippen MR) is 129 cm³/mol. The number of benzene rings is 2. The fourth-order valence-corrected chi connectivity index (χ4v) is 5.55. The number of quaternary nitrogens is 1. The van der Waals surface area contributed by atoms with Gasteiger partial charge in [-0.3, -0.25) is 9.78 Å². The Morgan fingerprint density at radius 3 is 2.19 bits per heavy atom. The number of ketones is 1. The maximum absolute atomic E-state index is 13.9. The Hall–Kier alpha value is -3.17. The number of hydrogen-bond donors (Lipinski definition) is 1. The number of halogens is 3. The normalized spacial score (nSPS) is 22.2. The average molecular weight is 572 g/mol. The Morgan fingerprint density at radius 2 is 1.62 bits per heavy atom. The quantitative estimate of drug-likeness (QED) is 0.346. The van der Waals surface area contributed by atoms with Gasteiger partial charge in [0.05, 0.1) is 25.7 Å². The van der Waals surface area contributed by atoms with Gasteiger partial charge in [-0.15, -0.1) is 0 Å². The van der Waals surface area contributed by atoms with Gasteiger partial charge in [0.25, 0.3) is 0 Å². The molecule has 2 bridgehead atoms. The number of alkyl carbamates (subject to hydrolysis) is 1. The van der Waals surface area contributed by atoms with Gasteiger partial charge in [-0.1, -0.05) is 30.3 Å². The number of fused-ring (bicyclic) bond motifs is 3. The van der Waals surface area contributed by atoms with E-state index >= 15 is 0 Å². The second kappa shape index (κ2) is 11.5. The first-order chi connectivity index (χ1) is 17.4. The van der Waals surface area contributed by atoms with E-state index in [0.717, 1.165) is 25.9 Å². The lowest BCUT2D eigenvalue weighted by atomic mass is 9.81. The first-order valence-electron chi connectivity index (χ1n) is 12.2. The molecule has 0 radical (unpaired) electrons. The molecule has 3 aromatic rings. The Balaban J connectivity index is 0.00000320. The standard InChI is InChI=1S/C28H27F2N3O3.BrH/c29-22-7-3-5-20(15-22)27(21-6-4-8-23(30)16-21)36-28(35)32-25-17-33(13-10-19(25)11-14-33)18-26(34)24-9-1-2-12-31-24;/h1-9,12,15-16,19,25,27H,10-11,13-14,17-18H2;1H. The van der Waals surface area contributed by atoms with Crippen LogP contribution in [0.3, 0.4) is 0 Å². The smallest absolute Gasteiger partial charge is 0.408 e. The summed E-state index contributed by atoms with van der Waals surface area (Å²) in [6.45, 7) is 2.73. The number of Topliss-reactive ketones (excluding diaryl/α,β-unsaturated/α-hetero) is 1. The molecule has 6 nitrogen and oxygen atoms in total. The van der Waals surface area contributed by atoms with E-state index in [0.29, 0.717) is 40.3 Å². The van der Waals surface area contributed by atoms with E-state index in [-0.39, 0.29) is 28.8 Å². The third-order valence-electron chi connectivity index (χ3n) is 7.36. The number of ether oxygens (including phenoxy) is 1.